The number of aromatic amines is 1. The number of carbonyl (C=O) groups excluding carboxylic acids is 2. The highest BCUT2D eigenvalue weighted by atomic mass is 16.5. The van der Waals surface area contributed by atoms with Crippen LogP contribution in [-0.4, -0.2) is 28.8 Å². The third kappa shape index (κ3) is 3.88. The molecule has 120 valence electrons. The molecule has 0 aliphatic heterocycles. The van der Waals surface area contributed by atoms with Crippen LogP contribution in [0.1, 0.15) is 41.9 Å². The molecule has 2 amide bonds. The number of benzene rings is 1. The Morgan fingerprint density at radius 3 is 2.48 bits per heavy atom. The van der Waals surface area contributed by atoms with E-state index in [1.54, 1.807) is 37.3 Å². The third-order valence-corrected chi connectivity index (χ3v) is 3.51. The summed E-state index contributed by atoms with van der Waals surface area (Å²) in [7, 11) is 0. The number of anilines is 2. The van der Waals surface area contributed by atoms with Crippen molar-refractivity contribution in [3.63, 3.8) is 0 Å². The summed E-state index contributed by atoms with van der Waals surface area (Å²) in [6.45, 7) is 2.05. The highest BCUT2D eigenvalue weighted by molar-refractivity contribution is 6.03. The van der Waals surface area contributed by atoms with Crippen LogP contribution in [-0.2, 0) is 4.74 Å². The molecule has 0 spiro atoms. The first-order chi connectivity index (χ1) is 11.2. The molecular weight excluding hydrogens is 296 g/mol. The van der Waals surface area contributed by atoms with Crippen LogP contribution in [0.4, 0.5) is 16.2 Å². The Labute approximate surface area is 133 Å². The highest BCUT2D eigenvalue weighted by Crippen LogP contribution is 2.39. The number of nitrogens with zero attached hydrogens (tertiary/aromatic N) is 1. The molecule has 0 atom stereocenters. The Hall–Kier alpha value is -2.83. The summed E-state index contributed by atoms with van der Waals surface area (Å²) in [4.78, 5) is 23.4. The maximum absolute atomic E-state index is 12.1. The van der Waals surface area contributed by atoms with Gasteiger partial charge in [-0.05, 0) is 50.1 Å². The molecule has 0 saturated heterocycles. The van der Waals surface area contributed by atoms with Crippen LogP contribution in [0, 0.1) is 0 Å². The zero-order valence-corrected chi connectivity index (χ0v) is 12.8. The smallest absolute Gasteiger partial charge is 0.411 e. The maximum atomic E-state index is 12.1. The van der Waals surface area contributed by atoms with Crippen LogP contribution >= 0.6 is 0 Å². The van der Waals surface area contributed by atoms with Crippen LogP contribution in [0.25, 0.3) is 0 Å². The van der Waals surface area contributed by atoms with Gasteiger partial charge in [0.15, 0.2) is 5.69 Å². The van der Waals surface area contributed by atoms with E-state index in [0.29, 0.717) is 29.6 Å². The van der Waals surface area contributed by atoms with Crippen molar-refractivity contribution < 1.29 is 14.3 Å². The fourth-order valence-corrected chi connectivity index (χ4v) is 2.17. The number of hydrogen-bond acceptors (Lipinski definition) is 4. The molecule has 1 fully saturated rings. The van der Waals surface area contributed by atoms with Crippen molar-refractivity contribution in [1.29, 1.82) is 0 Å². The quantitative estimate of drug-likeness (QED) is 0.790. The Morgan fingerprint density at radius 1 is 1.22 bits per heavy atom. The van der Waals surface area contributed by atoms with Gasteiger partial charge in [0.05, 0.1) is 6.61 Å². The van der Waals surface area contributed by atoms with Crippen molar-refractivity contribution in [2.24, 2.45) is 0 Å². The summed E-state index contributed by atoms with van der Waals surface area (Å²) in [5.74, 6) is 0.261. The molecule has 3 N–H and O–H groups in total. The lowest BCUT2D eigenvalue weighted by molar-refractivity contribution is 0.102. The second-order valence-corrected chi connectivity index (χ2v) is 5.36. The molecule has 7 nitrogen and oxygen atoms in total. The lowest BCUT2D eigenvalue weighted by atomic mass is 10.2. The van der Waals surface area contributed by atoms with E-state index < -0.39 is 6.09 Å². The number of ether oxygens (including phenoxy) is 1. The maximum Gasteiger partial charge on any atom is 0.411 e. The van der Waals surface area contributed by atoms with E-state index in [9.17, 15) is 9.59 Å². The summed E-state index contributed by atoms with van der Waals surface area (Å²) in [6.07, 6.45) is 1.80. The van der Waals surface area contributed by atoms with E-state index in [1.165, 1.54) is 0 Å². The number of aromatic nitrogens is 2. The molecule has 0 radical (unpaired) electrons. The largest absolute Gasteiger partial charge is 0.450 e. The van der Waals surface area contributed by atoms with Crippen molar-refractivity contribution in [2.45, 2.75) is 25.7 Å². The van der Waals surface area contributed by atoms with Gasteiger partial charge in [0, 0.05) is 23.0 Å². The Kier molecular flexibility index (Phi) is 4.27. The van der Waals surface area contributed by atoms with Crippen molar-refractivity contribution in [3.05, 3.63) is 41.7 Å². The topological polar surface area (TPSA) is 96.1 Å². The van der Waals surface area contributed by atoms with Crippen molar-refractivity contribution in [3.8, 4) is 0 Å². The zero-order chi connectivity index (χ0) is 16.2. The van der Waals surface area contributed by atoms with Gasteiger partial charge >= 0.3 is 6.09 Å². The molecule has 1 saturated carbocycles. The molecule has 0 unspecified atom stereocenters. The third-order valence-electron chi connectivity index (χ3n) is 3.51. The number of rotatable bonds is 5. The van der Waals surface area contributed by atoms with E-state index in [0.717, 1.165) is 18.5 Å². The molecule has 1 aromatic heterocycles. The lowest BCUT2D eigenvalue weighted by Gasteiger charge is -2.07. The van der Waals surface area contributed by atoms with E-state index in [1.807, 2.05) is 0 Å². The summed E-state index contributed by atoms with van der Waals surface area (Å²) in [6, 6.07) is 8.57. The summed E-state index contributed by atoms with van der Waals surface area (Å²) >= 11 is 0. The second-order valence-electron chi connectivity index (χ2n) is 5.36. The van der Waals surface area contributed by atoms with E-state index in [4.69, 9.17) is 4.74 Å². The standard InChI is InChI=1S/C16H18N4O3/c1-2-23-16(22)18-12-7-5-11(6-8-12)17-15(21)14-9-13(19-20-14)10-3-4-10/h5-10H,2-4H2,1H3,(H,17,21)(H,18,22)(H,19,20). The van der Waals surface area contributed by atoms with Gasteiger partial charge in [0.25, 0.3) is 5.91 Å². The Morgan fingerprint density at radius 2 is 1.87 bits per heavy atom. The summed E-state index contributed by atoms with van der Waals surface area (Å²) < 4.78 is 4.79. The van der Waals surface area contributed by atoms with Gasteiger partial charge in [-0.2, -0.15) is 5.10 Å². The van der Waals surface area contributed by atoms with Gasteiger partial charge in [-0.15, -0.1) is 0 Å². The number of nitrogens with one attached hydrogen (secondary N) is 3. The first kappa shape index (κ1) is 15.1. The lowest BCUT2D eigenvalue weighted by Crippen LogP contribution is -2.14. The summed E-state index contributed by atoms with van der Waals surface area (Å²) in [5.41, 5.74) is 2.61. The molecule has 3 rings (SSSR count). The predicted molar refractivity (Wildman–Crippen MR) is 85.6 cm³/mol. The first-order valence-electron chi connectivity index (χ1n) is 7.56. The van der Waals surface area contributed by atoms with Gasteiger partial charge in [0.2, 0.25) is 0 Å². The predicted octanol–water partition coefficient (Wildman–Crippen LogP) is 3.11. The number of H-pyrrole nitrogens is 1. The zero-order valence-electron chi connectivity index (χ0n) is 12.8. The molecule has 7 heteroatoms. The average Bonchev–Trinajstić information content (AvgIpc) is 3.26. The van der Waals surface area contributed by atoms with Crippen molar-refractivity contribution in [1.82, 2.24) is 10.2 Å². The minimum absolute atomic E-state index is 0.265. The van der Waals surface area contributed by atoms with Gasteiger partial charge in [-0.1, -0.05) is 0 Å². The van der Waals surface area contributed by atoms with Crippen LogP contribution in [0.3, 0.4) is 0 Å². The van der Waals surface area contributed by atoms with Gasteiger partial charge < -0.3 is 10.1 Å². The normalized spacial score (nSPS) is 13.4. The van der Waals surface area contributed by atoms with E-state index in [-0.39, 0.29) is 5.91 Å². The Bertz CT molecular complexity index is 704. The van der Waals surface area contributed by atoms with Crippen molar-refractivity contribution >= 4 is 23.4 Å². The fourth-order valence-electron chi connectivity index (χ4n) is 2.17. The minimum Gasteiger partial charge on any atom is -0.450 e. The van der Waals surface area contributed by atoms with Crippen LogP contribution in [0.15, 0.2) is 30.3 Å². The van der Waals surface area contributed by atoms with E-state index in [2.05, 4.69) is 20.8 Å². The van der Waals surface area contributed by atoms with Crippen LogP contribution < -0.4 is 10.6 Å². The van der Waals surface area contributed by atoms with Gasteiger partial charge in [-0.25, -0.2) is 4.79 Å². The van der Waals surface area contributed by atoms with E-state index >= 15 is 0 Å². The molecule has 1 heterocycles. The van der Waals surface area contributed by atoms with Gasteiger partial charge in [-0.3, -0.25) is 15.2 Å². The first-order valence-corrected chi connectivity index (χ1v) is 7.56. The molecule has 2 aromatic rings. The number of carbonyl (C=O) groups is 2. The second kappa shape index (κ2) is 6.51. The van der Waals surface area contributed by atoms with Crippen LogP contribution in [0.2, 0.25) is 0 Å². The van der Waals surface area contributed by atoms with Crippen LogP contribution in [0.5, 0.6) is 0 Å². The highest BCUT2D eigenvalue weighted by Gasteiger charge is 2.26. The summed E-state index contributed by atoms with van der Waals surface area (Å²) in [5, 5.41) is 12.3. The molecule has 23 heavy (non-hydrogen) atoms. The Balaban J connectivity index is 1.58. The van der Waals surface area contributed by atoms with Gasteiger partial charge in [0.1, 0.15) is 0 Å². The number of hydrogen-bond donors (Lipinski definition) is 3. The molecular formula is C16H18N4O3. The SMILES string of the molecule is CCOC(=O)Nc1ccc(NC(=O)c2cc(C3CC3)[nH]n2)cc1. The fraction of sp³-hybridized carbons (Fsp3) is 0.312. The monoisotopic (exact) mass is 314 g/mol. The molecule has 1 aliphatic carbocycles. The average molecular weight is 314 g/mol. The molecule has 0 bridgehead atoms. The molecule has 1 aliphatic rings. The molecule has 1 aromatic carbocycles. The number of amides is 2. The minimum atomic E-state index is -0.506. The van der Waals surface area contributed by atoms with Crippen molar-refractivity contribution in [2.75, 3.05) is 17.2 Å².